The summed E-state index contributed by atoms with van der Waals surface area (Å²) < 4.78 is 1.34. The fraction of sp³-hybridized carbons (Fsp3) is 0.583. The number of hydrogen-bond donors (Lipinski definition) is 1. The average Bonchev–Trinajstić information content (AvgIpc) is 2.68. The molecule has 3 rings (SSSR count). The molecule has 1 saturated carbocycles. The zero-order valence-corrected chi connectivity index (χ0v) is 10.5. The van der Waals surface area contributed by atoms with Crippen molar-refractivity contribution in [3.8, 4) is 0 Å². The highest BCUT2D eigenvalue weighted by molar-refractivity contribution is 6.30. The number of nitrogens with zero attached hydrogens (tertiary/aromatic N) is 2. The van der Waals surface area contributed by atoms with Crippen LogP contribution in [0.3, 0.4) is 0 Å². The van der Waals surface area contributed by atoms with Gasteiger partial charge in [-0.15, -0.1) is 0 Å². The Morgan fingerprint density at radius 1 is 1.39 bits per heavy atom. The van der Waals surface area contributed by atoms with E-state index in [4.69, 9.17) is 16.7 Å². The summed E-state index contributed by atoms with van der Waals surface area (Å²) in [7, 11) is 0. The van der Waals surface area contributed by atoms with Gasteiger partial charge < -0.3 is 5.11 Å². The first-order valence-electron chi connectivity index (χ1n) is 6.13. The van der Waals surface area contributed by atoms with Crippen LogP contribution in [0.25, 0.3) is 0 Å². The van der Waals surface area contributed by atoms with Crippen molar-refractivity contribution < 1.29 is 9.90 Å². The third-order valence-corrected chi connectivity index (χ3v) is 4.23. The zero-order valence-electron chi connectivity index (χ0n) is 9.73. The second-order valence-electron chi connectivity index (χ2n) is 4.93. The molecule has 0 unspecified atom stereocenters. The number of halogens is 1. The first-order valence-corrected chi connectivity index (χ1v) is 6.51. The van der Waals surface area contributed by atoms with E-state index in [0.29, 0.717) is 29.4 Å². The molecule has 6 heteroatoms. The minimum absolute atomic E-state index is 0.155. The van der Waals surface area contributed by atoms with E-state index >= 15 is 0 Å². The molecule has 1 aromatic heterocycles. The van der Waals surface area contributed by atoms with Crippen molar-refractivity contribution in [2.75, 3.05) is 0 Å². The van der Waals surface area contributed by atoms with E-state index in [-0.39, 0.29) is 11.5 Å². The molecule has 0 spiro atoms. The van der Waals surface area contributed by atoms with Gasteiger partial charge >= 0.3 is 5.97 Å². The fourth-order valence-electron chi connectivity index (χ4n) is 2.70. The highest BCUT2D eigenvalue weighted by Gasteiger charge is 2.34. The Morgan fingerprint density at radius 3 is 2.67 bits per heavy atom. The molecule has 1 aliphatic carbocycles. The summed E-state index contributed by atoms with van der Waals surface area (Å²) in [6.07, 6.45) is 3.89. The van der Waals surface area contributed by atoms with Crippen LogP contribution >= 0.6 is 11.6 Å². The summed E-state index contributed by atoms with van der Waals surface area (Å²) in [6.45, 7) is 0. The second kappa shape index (κ2) is 4.09. The average molecular weight is 269 g/mol. The summed E-state index contributed by atoms with van der Waals surface area (Å²) >= 11 is 6.08. The SMILES string of the molecule is O=C(O)[C@@H]1CCc2c(Cl)nc(C3CCC3)c(=O)n21. The number of carbonyl (C=O) groups is 1. The summed E-state index contributed by atoms with van der Waals surface area (Å²) in [4.78, 5) is 27.7. The monoisotopic (exact) mass is 268 g/mol. The minimum atomic E-state index is -0.974. The second-order valence-corrected chi connectivity index (χ2v) is 5.29. The van der Waals surface area contributed by atoms with Gasteiger partial charge in [-0.25, -0.2) is 9.78 Å². The van der Waals surface area contributed by atoms with Crippen molar-refractivity contribution >= 4 is 17.6 Å². The van der Waals surface area contributed by atoms with Crippen LogP contribution in [0.15, 0.2) is 4.79 Å². The lowest BCUT2D eigenvalue weighted by atomic mass is 9.83. The number of hydrogen-bond acceptors (Lipinski definition) is 3. The van der Waals surface area contributed by atoms with E-state index in [9.17, 15) is 9.59 Å². The van der Waals surface area contributed by atoms with E-state index < -0.39 is 12.0 Å². The summed E-state index contributed by atoms with van der Waals surface area (Å²) in [5.41, 5.74) is 0.754. The Hall–Kier alpha value is -1.36. The maximum atomic E-state index is 12.3. The van der Waals surface area contributed by atoms with Gasteiger partial charge in [-0.2, -0.15) is 0 Å². The Labute approximate surface area is 108 Å². The van der Waals surface area contributed by atoms with E-state index in [0.717, 1.165) is 19.3 Å². The highest BCUT2D eigenvalue weighted by atomic mass is 35.5. The van der Waals surface area contributed by atoms with Crippen LogP contribution in [0.4, 0.5) is 0 Å². The Bertz CT molecular complexity index is 577. The molecule has 5 nitrogen and oxygen atoms in total. The largest absolute Gasteiger partial charge is 0.480 e. The molecule has 0 aromatic carbocycles. The Morgan fingerprint density at radius 2 is 2.11 bits per heavy atom. The molecule has 1 aromatic rings. The molecular weight excluding hydrogens is 256 g/mol. The lowest BCUT2D eigenvalue weighted by molar-refractivity contribution is -0.140. The van der Waals surface area contributed by atoms with Crippen molar-refractivity contribution in [1.29, 1.82) is 0 Å². The third-order valence-electron chi connectivity index (χ3n) is 3.93. The molecule has 18 heavy (non-hydrogen) atoms. The standard InChI is InChI=1S/C12H13ClN2O3/c13-10-7-4-5-8(12(17)18)15(7)11(16)9(14-10)6-2-1-3-6/h6,8H,1-5H2,(H,17,18)/t8-/m0/s1. The molecule has 2 heterocycles. The molecular formula is C12H13ClN2O3. The lowest BCUT2D eigenvalue weighted by Crippen LogP contribution is -2.33. The van der Waals surface area contributed by atoms with E-state index in [2.05, 4.69) is 4.98 Å². The molecule has 0 saturated heterocycles. The molecule has 2 aliphatic rings. The van der Waals surface area contributed by atoms with Crippen molar-refractivity contribution in [3.05, 3.63) is 26.9 Å². The number of aromatic nitrogens is 2. The Balaban J connectivity index is 2.17. The van der Waals surface area contributed by atoms with Gasteiger partial charge in [0.2, 0.25) is 0 Å². The first-order chi connectivity index (χ1) is 8.59. The normalized spacial score (nSPS) is 22.6. The third kappa shape index (κ3) is 1.57. The van der Waals surface area contributed by atoms with Gasteiger partial charge in [0, 0.05) is 5.92 Å². The number of fused-ring (bicyclic) bond motifs is 1. The van der Waals surface area contributed by atoms with E-state index in [1.54, 1.807) is 0 Å². The number of carboxylic acid groups (broad SMARTS) is 1. The van der Waals surface area contributed by atoms with E-state index in [1.165, 1.54) is 4.57 Å². The molecule has 1 N–H and O–H groups in total. The highest BCUT2D eigenvalue weighted by Crippen LogP contribution is 2.36. The van der Waals surface area contributed by atoms with Gasteiger partial charge in [-0.05, 0) is 25.7 Å². The van der Waals surface area contributed by atoms with Crippen molar-refractivity contribution in [2.45, 2.75) is 44.1 Å². The quantitative estimate of drug-likeness (QED) is 0.887. The summed E-state index contributed by atoms with van der Waals surface area (Å²) in [5.74, 6) is -0.819. The predicted octanol–water partition coefficient (Wildman–Crippen LogP) is 1.74. The molecule has 1 fully saturated rings. The van der Waals surface area contributed by atoms with Gasteiger partial charge in [-0.1, -0.05) is 18.0 Å². The molecule has 1 atom stereocenters. The minimum Gasteiger partial charge on any atom is -0.480 e. The topological polar surface area (TPSA) is 72.2 Å². The predicted molar refractivity (Wildman–Crippen MR) is 65.1 cm³/mol. The number of aliphatic carboxylic acids is 1. The van der Waals surface area contributed by atoms with E-state index in [1.807, 2.05) is 0 Å². The van der Waals surface area contributed by atoms with Gasteiger partial charge in [0.25, 0.3) is 5.56 Å². The molecule has 0 radical (unpaired) electrons. The van der Waals surface area contributed by atoms with Crippen molar-refractivity contribution in [2.24, 2.45) is 0 Å². The smallest absolute Gasteiger partial charge is 0.326 e. The molecule has 0 bridgehead atoms. The fourth-order valence-corrected chi connectivity index (χ4v) is 2.98. The van der Waals surface area contributed by atoms with Crippen LogP contribution in [0, 0.1) is 0 Å². The van der Waals surface area contributed by atoms with Crippen LogP contribution in [-0.2, 0) is 11.2 Å². The van der Waals surface area contributed by atoms with Crippen molar-refractivity contribution in [1.82, 2.24) is 9.55 Å². The van der Waals surface area contributed by atoms with Gasteiger partial charge in [0.15, 0.2) is 0 Å². The van der Waals surface area contributed by atoms with Gasteiger partial charge in [0.1, 0.15) is 16.9 Å². The number of carboxylic acids is 1. The van der Waals surface area contributed by atoms with Gasteiger partial charge in [0.05, 0.1) is 5.69 Å². The zero-order chi connectivity index (χ0) is 12.9. The maximum Gasteiger partial charge on any atom is 0.326 e. The number of rotatable bonds is 2. The van der Waals surface area contributed by atoms with Crippen LogP contribution in [-0.4, -0.2) is 20.6 Å². The molecule has 0 amide bonds. The van der Waals surface area contributed by atoms with Crippen LogP contribution in [0.1, 0.15) is 49.0 Å². The van der Waals surface area contributed by atoms with Gasteiger partial charge in [-0.3, -0.25) is 9.36 Å². The first kappa shape index (κ1) is 11.7. The lowest BCUT2D eigenvalue weighted by Gasteiger charge is -2.25. The van der Waals surface area contributed by atoms with Crippen LogP contribution < -0.4 is 5.56 Å². The van der Waals surface area contributed by atoms with Crippen LogP contribution in [0.5, 0.6) is 0 Å². The van der Waals surface area contributed by atoms with Crippen LogP contribution in [0.2, 0.25) is 5.15 Å². The summed E-state index contributed by atoms with van der Waals surface area (Å²) in [6, 6.07) is -0.785. The molecule has 96 valence electrons. The van der Waals surface area contributed by atoms with Crippen molar-refractivity contribution in [3.63, 3.8) is 0 Å². The molecule has 1 aliphatic heterocycles. The Kier molecular flexibility index (Phi) is 2.66. The summed E-state index contributed by atoms with van der Waals surface area (Å²) in [5, 5.41) is 9.44. The maximum absolute atomic E-state index is 12.3.